The van der Waals surface area contributed by atoms with Crippen molar-refractivity contribution in [2.75, 3.05) is 52.9 Å². The van der Waals surface area contributed by atoms with Crippen molar-refractivity contribution in [2.24, 2.45) is 0 Å². The third-order valence-electron chi connectivity index (χ3n) is 2.51. The van der Waals surface area contributed by atoms with Crippen LogP contribution in [-0.4, -0.2) is 62.7 Å². The molecule has 1 N–H and O–H groups in total. The second-order valence-corrected chi connectivity index (χ2v) is 3.97. The van der Waals surface area contributed by atoms with Crippen LogP contribution >= 0.6 is 11.6 Å². The number of piperazine rings is 1. The van der Waals surface area contributed by atoms with E-state index in [1.807, 2.05) is 6.08 Å². The molecule has 0 atom stereocenters. The summed E-state index contributed by atoms with van der Waals surface area (Å²) >= 11 is 5.47. The van der Waals surface area contributed by atoms with E-state index in [-0.39, 0.29) is 0 Å². The van der Waals surface area contributed by atoms with Crippen molar-refractivity contribution in [3.05, 3.63) is 11.6 Å². The maximum atomic E-state index is 5.47. The first-order chi connectivity index (χ1) is 6.83. The zero-order chi connectivity index (χ0) is 10.2. The van der Waals surface area contributed by atoms with Crippen molar-refractivity contribution in [2.45, 2.75) is 0 Å². The van der Waals surface area contributed by atoms with Gasteiger partial charge in [0.1, 0.15) is 0 Å². The summed E-state index contributed by atoms with van der Waals surface area (Å²) in [5, 5.41) is 3.35. The van der Waals surface area contributed by atoms with Gasteiger partial charge < -0.3 is 10.2 Å². The summed E-state index contributed by atoms with van der Waals surface area (Å²) in [5.41, 5.74) is 1.58. The van der Waals surface area contributed by atoms with Gasteiger partial charge in [-0.1, -0.05) is 17.7 Å². The molecule has 0 unspecified atom stereocenters. The average Bonchev–Trinajstić information content (AvgIpc) is 2.25. The van der Waals surface area contributed by atoms with Crippen LogP contribution in [0.15, 0.2) is 11.6 Å². The zero-order valence-corrected chi connectivity index (χ0v) is 9.63. The average molecular weight is 218 g/mol. The molecule has 0 spiro atoms. The van der Waals surface area contributed by atoms with E-state index in [2.05, 4.69) is 22.2 Å². The Kier molecular flexibility index (Phi) is 6.19. The molecule has 0 amide bonds. The number of nitrogens with zero attached hydrogens (tertiary/aromatic N) is 2. The molecule has 0 radical (unpaired) electrons. The molecule has 1 heterocycles. The maximum Gasteiger partial charge on any atom is 0.0172 e. The predicted molar refractivity (Wildman–Crippen MR) is 61.8 cm³/mol. The van der Waals surface area contributed by atoms with Gasteiger partial charge in [-0.3, -0.25) is 4.90 Å². The lowest BCUT2D eigenvalue weighted by Gasteiger charge is -2.28. The van der Waals surface area contributed by atoms with Gasteiger partial charge in [0.15, 0.2) is 0 Å². The quantitative estimate of drug-likeness (QED) is 0.727. The Morgan fingerprint density at radius 3 is 2.79 bits per heavy atom. The Balaban J connectivity index is 2.06. The topological polar surface area (TPSA) is 18.5 Å². The van der Waals surface area contributed by atoms with Crippen molar-refractivity contribution in [1.82, 2.24) is 15.1 Å². The number of halogens is 1. The minimum Gasteiger partial charge on any atom is -0.314 e. The molecule has 1 fully saturated rings. The monoisotopic (exact) mass is 217 g/mol. The fourth-order valence-corrected chi connectivity index (χ4v) is 1.64. The molecule has 0 saturated carbocycles. The number of hydrogen-bond donors (Lipinski definition) is 1. The fourth-order valence-electron chi connectivity index (χ4n) is 1.56. The molecule has 4 heteroatoms. The second-order valence-electron chi connectivity index (χ2n) is 3.72. The van der Waals surface area contributed by atoms with Gasteiger partial charge in [0.25, 0.3) is 0 Å². The van der Waals surface area contributed by atoms with Crippen LogP contribution in [0.4, 0.5) is 0 Å². The van der Waals surface area contributed by atoms with E-state index in [0.29, 0.717) is 0 Å². The van der Waals surface area contributed by atoms with Gasteiger partial charge in [0.2, 0.25) is 0 Å². The molecule has 1 rings (SSSR count). The van der Waals surface area contributed by atoms with Crippen molar-refractivity contribution in [1.29, 1.82) is 0 Å². The van der Waals surface area contributed by atoms with Gasteiger partial charge in [-0.25, -0.2) is 0 Å². The smallest absolute Gasteiger partial charge is 0.0172 e. The van der Waals surface area contributed by atoms with Gasteiger partial charge in [-0.15, -0.1) is 0 Å². The largest absolute Gasteiger partial charge is 0.314 e. The first kappa shape index (κ1) is 12.0. The first-order valence-electron chi connectivity index (χ1n) is 5.20. The minimum atomic E-state index is 0.940. The highest BCUT2D eigenvalue weighted by Gasteiger charge is 2.09. The standard InChI is InChI=1S/C10H20ClN3/c1-13(6-2-3-11)9-10-14-7-4-12-5-8-14/h2-3,12H,4-10H2,1H3. The van der Waals surface area contributed by atoms with Gasteiger partial charge in [-0.2, -0.15) is 0 Å². The third kappa shape index (κ3) is 4.96. The molecule has 0 aliphatic carbocycles. The second kappa shape index (κ2) is 7.23. The van der Waals surface area contributed by atoms with Gasteiger partial charge in [0, 0.05) is 51.3 Å². The van der Waals surface area contributed by atoms with Crippen LogP contribution in [-0.2, 0) is 0 Å². The van der Waals surface area contributed by atoms with E-state index in [9.17, 15) is 0 Å². The summed E-state index contributed by atoms with van der Waals surface area (Å²) in [6.45, 7) is 7.83. The SMILES string of the molecule is CN(CC=CCl)CCN1CCNCC1. The zero-order valence-electron chi connectivity index (χ0n) is 8.88. The number of rotatable bonds is 5. The van der Waals surface area contributed by atoms with Crippen molar-refractivity contribution in [3.8, 4) is 0 Å². The number of likely N-dealkylation sites (N-methyl/N-ethyl adjacent to an activating group) is 1. The van der Waals surface area contributed by atoms with Crippen molar-refractivity contribution >= 4 is 11.6 Å². The van der Waals surface area contributed by atoms with Crippen LogP contribution < -0.4 is 5.32 Å². The van der Waals surface area contributed by atoms with Crippen molar-refractivity contribution in [3.63, 3.8) is 0 Å². The van der Waals surface area contributed by atoms with Gasteiger partial charge in [0.05, 0.1) is 0 Å². The summed E-state index contributed by atoms with van der Waals surface area (Å²) in [6.07, 6.45) is 1.97. The highest BCUT2D eigenvalue weighted by atomic mass is 35.5. The molecule has 82 valence electrons. The van der Waals surface area contributed by atoms with E-state index >= 15 is 0 Å². The van der Waals surface area contributed by atoms with E-state index in [4.69, 9.17) is 11.6 Å². The Bertz CT molecular complexity index is 167. The summed E-state index contributed by atoms with van der Waals surface area (Å²) in [5.74, 6) is 0. The summed E-state index contributed by atoms with van der Waals surface area (Å²) in [4.78, 5) is 4.78. The summed E-state index contributed by atoms with van der Waals surface area (Å²) in [6, 6.07) is 0. The summed E-state index contributed by atoms with van der Waals surface area (Å²) < 4.78 is 0. The maximum absolute atomic E-state index is 5.47. The lowest BCUT2D eigenvalue weighted by atomic mass is 10.3. The summed E-state index contributed by atoms with van der Waals surface area (Å²) in [7, 11) is 2.12. The Morgan fingerprint density at radius 1 is 1.43 bits per heavy atom. The van der Waals surface area contributed by atoms with E-state index in [0.717, 1.165) is 32.7 Å². The van der Waals surface area contributed by atoms with E-state index < -0.39 is 0 Å². The van der Waals surface area contributed by atoms with Crippen LogP contribution in [0.1, 0.15) is 0 Å². The highest BCUT2D eigenvalue weighted by molar-refractivity contribution is 6.25. The van der Waals surface area contributed by atoms with Crippen LogP contribution in [0, 0.1) is 0 Å². The molecule has 0 bridgehead atoms. The molecule has 0 aromatic rings. The van der Waals surface area contributed by atoms with E-state index in [1.54, 1.807) is 5.54 Å². The van der Waals surface area contributed by atoms with Crippen LogP contribution in [0.5, 0.6) is 0 Å². The molecular weight excluding hydrogens is 198 g/mol. The Labute approximate surface area is 91.7 Å². The molecule has 3 nitrogen and oxygen atoms in total. The molecule has 14 heavy (non-hydrogen) atoms. The molecule has 1 saturated heterocycles. The Morgan fingerprint density at radius 2 is 2.14 bits per heavy atom. The van der Waals surface area contributed by atoms with Crippen LogP contribution in [0.2, 0.25) is 0 Å². The van der Waals surface area contributed by atoms with Gasteiger partial charge >= 0.3 is 0 Å². The van der Waals surface area contributed by atoms with Gasteiger partial charge in [-0.05, 0) is 7.05 Å². The number of nitrogens with one attached hydrogen (secondary N) is 1. The molecule has 1 aliphatic heterocycles. The van der Waals surface area contributed by atoms with Crippen LogP contribution in [0.3, 0.4) is 0 Å². The minimum absolute atomic E-state index is 0.940. The normalized spacial score (nSPS) is 19.6. The highest BCUT2D eigenvalue weighted by Crippen LogP contribution is 1.93. The lowest BCUT2D eigenvalue weighted by molar-refractivity contribution is 0.211. The number of hydrogen-bond acceptors (Lipinski definition) is 3. The molecule has 1 aliphatic rings. The van der Waals surface area contributed by atoms with E-state index in [1.165, 1.54) is 13.1 Å². The molecule has 0 aromatic carbocycles. The first-order valence-corrected chi connectivity index (χ1v) is 5.63. The van der Waals surface area contributed by atoms with Crippen molar-refractivity contribution < 1.29 is 0 Å². The Hall–Kier alpha value is -0.0900. The molecule has 0 aromatic heterocycles. The third-order valence-corrected chi connectivity index (χ3v) is 2.69. The molecular formula is C10H20ClN3. The van der Waals surface area contributed by atoms with Crippen LogP contribution in [0.25, 0.3) is 0 Å². The lowest BCUT2D eigenvalue weighted by Crippen LogP contribution is -2.45. The fraction of sp³-hybridized carbons (Fsp3) is 0.800. The predicted octanol–water partition coefficient (Wildman–Crippen LogP) is 0.576.